The third-order valence-electron chi connectivity index (χ3n) is 5.44. The second kappa shape index (κ2) is 15.5. The highest BCUT2D eigenvalue weighted by molar-refractivity contribution is 5.91. The molecule has 0 heterocycles. The van der Waals surface area contributed by atoms with Gasteiger partial charge in [-0.1, -0.05) is 42.5 Å². The number of hydrogen-bond donors (Lipinski definition) is 3. The van der Waals surface area contributed by atoms with Crippen LogP contribution in [0.2, 0.25) is 0 Å². The molecule has 9 nitrogen and oxygen atoms in total. The fourth-order valence-electron chi connectivity index (χ4n) is 3.67. The SMILES string of the molecule is CCOC(=O)[C@H](Cc1ccc(F)cc1)NC(=O)[C@@H](CCCNC(=O)OC(C)(C)C)NC(=O)Cc1ccccc1. The van der Waals surface area contributed by atoms with Gasteiger partial charge in [0.15, 0.2) is 0 Å². The molecule has 0 aliphatic rings. The average Bonchev–Trinajstić information content (AvgIpc) is 2.86. The minimum absolute atomic E-state index is 0.0671. The van der Waals surface area contributed by atoms with Gasteiger partial charge >= 0.3 is 12.1 Å². The van der Waals surface area contributed by atoms with Gasteiger partial charge in [-0.05, 0) is 63.8 Å². The number of rotatable bonds is 13. The van der Waals surface area contributed by atoms with Crippen molar-refractivity contribution in [3.8, 4) is 0 Å². The van der Waals surface area contributed by atoms with Crippen LogP contribution in [0.1, 0.15) is 51.7 Å². The van der Waals surface area contributed by atoms with Gasteiger partial charge in [0.1, 0.15) is 23.5 Å². The van der Waals surface area contributed by atoms with E-state index in [2.05, 4.69) is 16.0 Å². The molecule has 2 aromatic carbocycles. The Bertz CT molecular complexity index is 1090. The van der Waals surface area contributed by atoms with Gasteiger partial charge in [-0.2, -0.15) is 0 Å². The van der Waals surface area contributed by atoms with E-state index >= 15 is 0 Å². The Kier molecular flexibility index (Phi) is 12.4. The molecule has 0 saturated carbocycles. The largest absolute Gasteiger partial charge is 0.464 e. The average molecular weight is 544 g/mol. The molecule has 0 aliphatic carbocycles. The molecule has 0 bridgehead atoms. The van der Waals surface area contributed by atoms with Crippen LogP contribution in [0.5, 0.6) is 0 Å². The Morgan fingerprint density at radius 1 is 0.897 bits per heavy atom. The van der Waals surface area contributed by atoms with E-state index in [1.807, 2.05) is 18.2 Å². The van der Waals surface area contributed by atoms with Crippen molar-refractivity contribution in [2.45, 2.75) is 71.1 Å². The molecule has 0 spiro atoms. The summed E-state index contributed by atoms with van der Waals surface area (Å²) in [6.45, 7) is 7.23. The minimum atomic E-state index is -1.05. The number of esters is 1. The summed E-state index contributed by atoms with van der Waals surface area (Å²) in [6.07, 6.45) is 0.102. The molecule has 39 heavy (non-hydrogen) atoms. The number of nitrogens with one attached hydrogen (secondary N) is 3. The van der Waals surface area contributed by atoms with Crippen molar-refractivity contribution in [1.29, 1.82) is 0 Å². The topological polar surface area (TPSA) is 123 Å². The monoisotopic (exact) mass is 543 g/mol. The van der Waals surface area contributed by atoms with Crippen LogP contribution >= 0.6 is 0 Å². The molecule has 212 valence electrons. The van der Waals surface area contributed by atoms with Crippen molar-refractivity contribution in [3.05, 3.63) is 71.5 Å². The van der Waals surface area contributed by atoms with Crippen molar-refractivity contribution in [1.82, 2.24) is 16.0 Å². The molecule has 2 atom stereocenters. The van der Waals surface area contributed by atoms with Crippen molar-refractivity contribution < 1.29 is 33.0 Å². The first kappa shape index (κ1) is 31.3. The summed E-state index contributed by atoms with van der Waals surface area (Å²) in [6, 6.07) is 12.6. The summed E-state index contributed by atoms with van der Waals surface area (Å²) >= 11 is 0. The Balaban J connectivity index is 2.10. The molecule has 10 heteroatoms. The van der Waals surface area contributed by atoms with Gasteiger partial charge in [0.2, 0.25) is 11.8 Å². The van der Waals surface area contributed by atoms with E-state index in [1.54, 1.807) is 39.8 Å². The van der Waals surface area contributed by atoms with Crippen LogP contribution in [0.25, 0.3) is 0 Å². The molecule has 0 aromatic heterocycles. The van der Waals surface area contributed by atoms with Crippen LogP contribution in [0, 0.1) is 5.82 Å². The number of hydrogen-bond acceptors (Lipinski definition) is 6. The molecule has 0 fully saturated rings. The summed E-state index contributed by atoms with van der Waals surface area (Å²) in [7, 11) is 0. The molecule has 0 aliphatic heterocycles. The lowest BCUT2D eigenvalue weighted by Crippen LogP contribution is -2.53. The first-order valence-electron chi connectivity index (χ1n) is 13.0. The smallest absolute Gasteiger partial charge is 0.407 e. The second-order valence-corrected chi connectivity index (χ2v) is 10.00. The Hall–Kier alpha value is -3.95. The van der Waals surface area contributed by atoms with Gasteiger partial charge in [-0.3, -0.25) is 9.59 Å². The second-order valence-electron chi connectivity index (χ2n) is 10.00. The molecular formula is C29H38FN3O6. The number of carbonyl (C=O) groups excluding carboxylic acids is 4. The highest BCUT2D eigenvalue weighted by Gasteiger charge is 2.28. The number of ether oxygens (including phenoxy) is 2. The normalized spacial score (nSPS) is 12.5. The van der Waals surface area contributed by atoms with E-state index in [1.165, 1.54) is 24.3 Å². The van der Waals surface area contributed by atoms with E-state index in [9.17, 15) is 23.6 Å². The fourth-order valence-corrected chi connectivity index (χ4v) is 3.67. The number of amides is 3. The van der Waals surface area contributed by atoms with E-state index in [0.29, 0.717) is 12.0 Å². The van der Waals surface area contributed by atoms with Crippen molar-refractivity contribution in [3.63, 3.8) is 0 Å². The van der Waals surface area contributed by atoms with Gasteiger partial charge in [-0.25, -0.2) is 14.0 Å². The summed E-state index contributed by atoms with van der Waals surface area (Å²) in [5.74, 6) is -2.01. The van der Waals surface area contributed by atoms with Gasteiger partial charge in [0.25, 0.3) is 0 Å². The van der Waals surface area contributed by atoms with Crippen LogP contribution in [0.3, 0.4) is 0 Å². The van der Waals surface area contributed by atoms with E-state index < -0.39 is 41.5 Å². The quantitative estimate of drug-likeness (QED) is 0.263. The van der Waals surface area contributed by atoms with Crippen LogP contribution in [0.15, 0.2) is 54.6 Å². The summed E-state index contributed by atoms with van der Waals surface area (Å²) < 4.78 is 23.7. The van der Waals surface area contributed by atoms with Crippen molar-refractivity contribution >= 4 is 23.9 Å². The zero-order valence-electron chi connectivity index (χ0n) is 22.9. The van der Waals surface area contributed by atoms with Crippen LogP contribution in [-0.4, -0.2) is 54.7 Å². The zero-order chi connectivity index (χ0) is 28.8. The predicted molar refractivity (Wildman–Crippen MR) is 144 cm³/mol. The minimum Gasteiger partial charge on any atom is -0.464 e. The first-order chi connectivity index (χ1) is 18.5. The Morgan fingerprint density at radius 3 is 2.18 bits per heavy atom. The summed E-state index contributed by atoms with van der Waals surface area (Å²) in [4.78, 5) is 50.6. The zero-order valence-corrected chi connectivity index (χ0v) is 22.9. The van der Waals surface area contributed by atoms with Gasteiger partial charge in [0.05, 0.1) is 13.0 Å². The molecule has 0 saturated heterocycles. The van der Waals surface area contributed by atoms with Crippen molar-refractivity contribution in [2.24, 2.45) is 0 Å². The molecule has 2 aromatic rings. The fraction of sp³-hybridized carbons (Fsp3) is 0.448. The van der Waals surface area contributed by atoms with Gasteiger partial charge in [-0.15, -0.1) is 0 Å². The van der Waals surface area contributed by atoms with E-state index in [-0.39, 0.29) is 38.3 Å². The highest BCUT2D eigenvalue weighted by Crippen LogP contribution is 2.10. The van der Waals surface area contributed by atoms with E-state index in [4.69, 9.17) is 9.47 Å². The third kappa shape index (κ3) is 12.4. The lowest BCUT2D eigenvalue weighted by atomic mass is 10.0. The van der Waals surface area contributed by atoms with Gasteiger partial charge < -0.3 is 25.4 Å². The molecule has 0 radical (unpaired) electrons. The predicted octanol–water partition coefficient (Wildman–Crippen LogP) is 3.45. The lowest BCUT2D eigenvalue weighted by molar-refractivity contribution is -0.147. The van der Waals surface area contributed by atoms with Crippen molar-refractivity contribution in [2.75, 3.05) is 13.2 Å². The maximum absolute atomic E-state index is 13.3. The first-order valence-corrected chi connectivity index (χ1v) is 13.0. The maximum Gasteiger partial charge on any atom is 0.407 e. The van der Waals surface area contributed by atoms with Crippen LogP contribution in [0.4, 0.5) is 9.18 Å². The number of benzene rings is 2. The number of alkyl carbamates (subject to hydrolysis) is 1. The molecular weight excluding hydrogens is 505 g/mol. The summed E-state index contributed by atoms with van der Waals surface area (Å²) in [5.41, 5.74) is 0.757. The summed E-state index contributed by atoms with van der Waals surface area (Å²) in [5, 5.41) is 8.05. The molecule has 3 N–H and O–H groups in total. The lowest BCUT2D eigenvalue weighted by Gasteiger charge is -2.23. The Morgan fingerprint density at radius 2 is 1.56 bits per heavy atom. The standard InChI is InChI=1S/C29H38FN3O6/c1-5-38-27(36)24(18-21-13-15-22(30)16-14-21)33-26(35)23(12-9-17-31-28(37)39-29(2,3)4)32-25(34)19-20-10-7-6-8-11-20/h6-8,10-11,13-16,23-24H,5,9,12,17-19H2,1-4H3,(H,31,37)(H,32,34)(H,33,35)/t23-,24+/m1/s1. The maximum atomic E-state index is 13.3. The number of halogens is 1. The highest BCUT2D eigenvalue weighted by atomic mass is 19.1. The van der Waals surface area contributed by atoms with Crippen LogP contribution in [-0.2, 0) is 36.7 Å². The van der Waals surface area contributed by atoms with Crippen LogP contribution < -0.4 is 16.0 Å². The van der Waals surface area contributed by atoms with Gasteiger partial charge in [0, 0.05) is 13.0 Å². The molecule has 2 rings (SSSR count). The Labute approximate surface area is 228 Å². The van der Waals surface area contributed by atoms with E-state index in [0.717, 1.165) is 5.56 Å². The molecule has 0 unspecified atom stereocenters. The third-order valence-corrected chi connectivity index (χ3v) is 5.44. The molecule has 3 amide bonds. The number of carbonyl (C=O) groups is 4.